The van der Waals surface area contributed by atoms with Crippen LogP contribution in [0.2, 0.25) is 5.02 Å². The van der Waals surface area contributed by atoms with Crippen molar-refractivity contribution in [3.05, 3.63) is 29.3 Å². The molecule has 0 saturated heterocycles. The molecule has 2 rings (SSSR count). The molecule has 8 heteroatoms. The Morgan fingerprint density at radius 1 is 1.48 bits per heavy atom. The molecule has 6 nitrogen and oxygen atoms in total. The van der Waals surface area contributed by atoms with Crippen molar-refractivity contribution in [3.8, 4) is 6.01 Å². The fraction of sp³-hybridized carbons (Fsp3) is 0.308. The molecule has 0 radical (unpaired) electrons. The number of hydrogen-bond acceptors (Lipinski definition) is 5. The summed E-state index contributed by atoms with van der Waals surface area (Å²) >= 11 is 7.58. The van der Waals surface area contributed by atoms with Gasteiger partial charge in [0, 0.05) is 17.1 Å². The van der Waals surface area contributed by atoms with Crippen LogP contribution in [0.1, 0.15) is 13.3 Å². The first-order valence-corrected chi connectivity index (χ1v) is 7.77. The molecule has 0 unspecified atom stereocenters. The van der Waals surface area contributed by atoms with E-state index in [1.54, 1.807) is 0 Å². The molecule has 0 aliphatic rings. The number of carbonyl (C=O) groups is 1. The average molecular weight is 327 g/mol. The minimum atomic E-state index is -0.145. The van der Waals surface area contributed by atoms with Gasteiger partial charge in [-0.2, -0.15) is 4.98 Å². The highest BCUT2D eigenvalue weighted by Crippen LogP contribution is 2.26. The second-order valence-electron chi connectivity index (χ2n) is 3.98. The molecule has 1 aromatic carbocycles. The van der Waals surface area contributed by atoms with E-state index in [1.165, 1.54) is 11.8 Å². The van der Waals surface area contributed by atoms with Crippen LogP contribution >= 0.6 is 23.4 Å². The summed E-state index contributed by atoms with van der Waals surface area (Å²) in [5.41, 5.74) is 0. The fourth-order valence-corrected chi connectivity index (χ4v) is 2.69. The van der Waals surface area contributed by atoms with Gasteiger partial charge in [-0.15, -0.1) is 16.9 Å². The summed E-state index contributed by atoms with van der Waals surface area (Å²) in [7, 11) is 0. The summed E-state index contributed by atoms with van der Waals surface area (Å²) in [6.45, 7) is 2.31. The molecule has 2 N–H and O–H groups in total. The number of aromatic amines is 1. The molecule has 112 valence electrons. The molecule has 0 spiro atoms. The van der Waals surface area contributed by atoms with E-state index in [4.69, 9.17) is 16.3 Å². The Labute approximate surface area is 131 Å². The maximum absolute atomic E-state index is 11.8. The molecule has 0 saturated carbocycles. The summed E-state index contributed by atoms with van der Waals surface area (Å²) in [5.74, 6) is 0.766. The molecule has 0 fully saturated rings. The van der Waals surface area contributed by atoms with E-state index in [2.05, 4.69) is 20.5 Å². The van der Waals surface area contributed by atoms with E-state index in [-0.39, 0.29) is 17.9 Å². The topological polar surface area (TPSA) is 79.9 Å². The Bertz CT molecular complexity index is 605. The molecule has 2 aromatic rings. The number of rotatable bonds is 7. The average Bonchev–Trinajstić information content (AvgIpc) is 2.88. The van der Waals surface area contributed by atoms with Crippen molar-refractivity contribution in [2.45, 2.75) is 18.2 Å². The highest BCUT2D eigenvalue weighted by molar-refractivity contribution is 7.99. The number of hydrogen-bond donors (Lipinski definition) is 2. The molecule has 0 aliphatic carbocycles. The number of anilines is 1. The number of benzene rings is 1. The highest BCUT2D eigenvalue weighted by atomic mass is 35.5. The molecular formula is C13H15ClN4O2S. The van der Waals surface area contributed by atoms with Gasteiger partial charge >= 0.3 is 6.01 Å². The van der Waals surface area contributed by atoms with Gasteiger partial charge in [0.2, 0.25) is 11.9 Å². The second-order valence-corrected chi connectivity index (χ2v) is 5.52. The number of ether oxygens (including phenoxy) is 1. The van der Waals surface area contributed by atoms with E-state index in [1.807, 2.05) is 31.2 Å². The predicted molar refractivity (Wildman–Crippen MR) is 83.0 cm³/mol. The Hall–Kier alpha value is -1.73. The Balaban J connectivity index is 1.75. The highest BCUT2D eigenvalue weighted by Gasteiger charge is 2.08. The van der Waals surface area contributed by atoms with Crippen LogP contribution in [0.4, 0.5) is 5.95 Å². The van der Waals surface area contributed by atoms with Crippen LogP contribution in [0.5, 0.6) is 6.01 Å². The van der Waals surface area contributed by atoms with Gasteiger partial charge in [0.1, 0.15) is 0 Å². The summed E-state index contributed by atoms with van der Waals surface area (Å²) in [4.78, 5) is 16.7. The van der Waals surface area contributed by atoms with Crippen molar-refractivity contribution >= 4 is 35.2 Å². The standard InChI is InChI=1S/C13H15ClN4O2S/c1-2-20-13-16-12(17-18-13)15-11(19)7-8-21-10-6-4-3-5-9(10)14/h3-6H,2,7-8H2,1H3,(H2,15,16,17,18,19). The number of amides is 1. The molecule has 0 atom stereocenters. The van der Waals surface area contributed by atoms with Crippen molar-refractivity contribution in [2.24, 2.45) is 0 Å². The number of carbonyl (C=O) groups excluding carboxylic acids is 1. The first-order chi connectivity index (χ1) is 10.2. The smallest absolute Gasteiger partial charge is 0.337 e. The first-order valence-electron chi connectivity index (χ1n) is 6.41. The SMILES string of the molecule is CCOc1n[nH]c(NC(=O)CCSc2ccccc2Cl)n1. The van der Waals surface area contributed by atoms with Gasteiger partial charge in [0.25, 0.3) is 0 Å². The van der Waals surface area contributed by atoms with Crippen LogP contribution in [0.25, 0.3) is 0 Å². The van der Waals surface area contributed by atoms with Crippen LogP contribution in [0, 0.1) is 0 Å². The number of nitrogens with zero attached hydrogens (tertiary/aromatic N) is 2. The summed E-state index contributed by atoms with van der Waals surface area (Å²) < 4.78 is 5.10. The monoisotopic (exact) mass is 326 g/mol. The van der Waals surface area contributed by atoms with Gasteiger partial charge in [-0.25, -0.2) is 5.10 Å². The number of nitrogens with one attached hydrogen (secondary N) is 2. The lowest BCUT2D eigenvalue weighted by atomic mass is 10.4. The molecular weight excluding hydrogens is 312 g/mol. The lowest BCUT2D eigenvalue weighted by Gasteiger charge is -2.03. The van der Waals surface area contributed by atoms with Gasteiger partial charge in [-0.05, 0) is 19.1 Å². The zero-order valence-electron chi connectivity index (χ0n) is 11.4. The lowest BCUT2D eigenvalue weighted by molar-refractivity contribution is -0.115. The number of thioether (sulfide) groups is 1. The zero-order valence-corrected chi connectivity index (χ0v) is 13.0. The van der Waals surface area contributed by atoms with E-state index >= 15 is 0 Å². The molecule has 1 amide bonds. The summed E-state index contributed by atoms with van der Waals surface area (Å²) in [5, 5.41) is 9.72. The van der Waals surface area contributed by atoms with Crippen LogP contribution in [-0.4, -0.2) is 33.4 Å². The fourth-order valence-electron chi connectivity index (χ4n) is 1.51. The molecule has 0 aliphatic heterocycles. The minimum absolute atomic E-state index is 0.145. The maximum atomic E-state index is 11.8. The van der Waals surface area contributed by atoms with Gasteiger partial charge < -0.3 is 4.74 Å². The van der Waals surface area contributed by atoms with Crippen molar-refractivity contribution in [1.82, 2.24) is 15.2 Å². The van der Waals surface area contributed by atoms with Crippen molar-refractivity contribution in [1.29, 1.82) is 0 Å². The van der Waals surface area contributed by atoms with Crippen LogP contribution < -0.4 is 10.1 Å². The summed E-state index contributed by atoms with van der Waals surface area (Å²) in [6.07, 6.45) is 0.348. The minimum Gasteiger partial charge on any atom is -0.463 e. The second kappa shape index (κ2) is 7.90. The van der Waals surface area contributed by atoms with Crippen LogP contribution in [-0.2, 0) is 4.79 Å². The largest absolute Gasteiger partial charge is 0.463 e. The van der Waals surface area contributed by atoms with Gasteiger partial charge in [-0.1, -0.05) is 23.7 Å². The molecule has 0 bridgehead atoms. The van der Waals surface area contributed by atoms with Gasteiger partial charge in [-0.3, -0.25) is 10.1 Å². The zero-order chi connectivity index (χ0) is 15.1. The first kappa shape index (κ1) is 15.7. The molecule has 1 aromatic heterocycles. The third-order valence-corrected chi connectivity index (χ3v) is 3.94. The van der Waals surface area contributed by atoms with Crippen molar-refractivity contribution in [3.63, 3.8) is 0 Å². The maximum Gasteiger partial charge on any atom is 0.337 e. The molecule has 21 heavy (non-hydrogen) atoms. The predicted octanol–water partition coefficient (Wildman–Crippen LogP) is 2.98. The Morgan fingerprint density at radius 2 is 2.29 bits per heavy atom. The van der Waals surface area contributed by atoms with Crippen molar-refractivity contribution in [2.75, 3.05) is 17.7 Å². The van der Waals surface area contributed by atoms with E-state index < -0.39 is 0 Å². The van der Waals surface area contributed by atoms with E-state index in [0.29, 0.717) is 23.8 Å². The summed E-state index contributed by atoms with van der Waals surface area (Å²) in [6, 6.07) is 7.76. The van der Waals surface area contributed by atoms with Crippen LogP contribution in [0.3, 0.4) is 0 Å². The number of halogens is 1. The van der Waals surface area contributed by atoms with Crippen LogP contribution in [0.15, 0.2) is 29.2 Å². The van der Waals surface area contributed by atoms with Gasteiger partial charge in [0.15, 0.2) is 0 Å². The number of aromatic nitrogens is 3. The van der Waals surface area contributed by atoms with E-state index in [9.17, 15) is 4.79 Å². The third kappa shape index (κ3) is 4.95. The molecule has 1 heterocycles. The Morgan fingerprint density at radius 3 is 3.05 bits per heavy atom. The lowest BCUT2D eigenvalue weighted by Crippen LogP contribution is -2.13. The number of H-pyrrole nitrogens is 1. The normalized spacial score (nSPS) is 10.4. The third-order valence-electron chi connectivity index (χ3n) is 2.42. The quantitative estimate of drug-likeness (QED) is 0.765. The van der Waals surface area contributed by atoms with Gasteiger partial charge in [0.05, 0.1) is 11.6 Å². The van der Waals surface area contributed by atoms with E-state index in [0.717, 1.165) is 4.90 Å². The Kier molecular flexibility index (Phi) is 5.89. The van der Waals surface area contributed by atoms with Crippen molar-refractivity contribution < 1.29 is 9.53 Å².